The molecule has 3 aromatic rings. The molecule has 1 heterocycles. The van der Waals surface area contributed by atoms with Gasteiger partial charge in [0.05, 0.1) is 12.6 Å². The van der Waals surface area contributed by atoms with E-state index in [1.807, 2.05) is 30.5 Å². The fraction of sp³-hybridized carbons (Fsp3) is 0.250. The Morgan fingerprint density at radius 1 is 1.00 bits per heavy atom. The fourth-order valence-electron chi connectivity index (χ4n) is 2.86. The molecule has 124 valence electrons. The molecule has 24 heavy (non-hydrogen) atoms. The van der Waals surface area contributed by atoms with Gasteiger partial charge < -0.3 is 15.0 Å². The van der Waals surface area contributed by atoms with Gasteiger partial charge in [-0.3, -0.25) is 4.98 Å². The van der Waals surface area contributed by atoms with Crippen molar-refractivity contribution >= 4 is 28.0 Å². The third-order valence-corrected chi connectivity index (χ3v) is 4.22. The molecule has 0 aliphatic rings. The van der Waals surface area contributed by atoms with Crippen LogP contribution in [0.2, 0.25) is 0 Å². The maximum Gasteiger partial charge on any atom is 0.119 e. The van der Waals surface area contributed by atoms with Crippen LogP contribution in [0.5, 0.6) is 5.75 Å². The summed E-state index contributed by atoms with van der Waals surface area (Å²) < 4.78 is 5.33. The van der Waals surface area contributed by atoms with E-state index in [-0.39, 0.29) is 0 Å². The predicted molar refractivity (Wildman–Crippen MR) is 102 cm³/mol. The van der Waals surface area contributed by atoms with Gasteiger partial charge in [0, 0.05) is 41.7 Å². The third kappa shape index (κ3) is 3.27. The average molecular weight is 321 g/mol. The Labute approximate surface area is 143 Å². The monoisotopic (exact) mass is 321 g/mol. The van der Waals surface area contributed by atoms with Crippen LogP contribution in [-0.4, -0.2) is 25.2 Å². The van der Waals surface area contributed by atoms with Gasteiger partial charge in [0.25, 0.3) is 0 Å². The third-order valence-electron chi connectivity index (χ3n) is 4.22. The van der Waals surface area contributed by atoms with E-state index in [4.69, 9.17) is 4.74 Å². The van der Waals surface area contributed by atoms with Crippen LogP contribution in [0, 0.1) is 0 Å². The molecular weight excluding hydrogens is 298 g/mol. The number of pyridine rings is 1. The highest BCUT2D eigenvalue weighted by atomic mass is 16.5. The number of nitrogens with zero attached hydrogens (tertiary/aromatic N) is 2. The summed E-state index contributed by atoms with van der Waals surface area (Å²) in [4.78, 5) is 6.75. The average Bonchev–Trinajstić information content (AvgIpc) is 2.64. The molecule has 0 aliphatic heterocycles. The molecule has 0 spiro atoms. The van der Waals surface area contributed by atoms with Gasteiger partial charge >= 0.3 is 0 Å². The van der Waals surface area contributed by atoms with E-state index in [0.29, 0.717) is 0 Å². The molecule has 0 bridgehead atoms. The summed E-state index contributed by atoms with van der Waals surface area (Å²) in [6, 6.07) is 16.4. The van der Waals surface area contributed by atoms with Gasteiger partial charge in [-0.2, -0.15) is 0 Å². The van der Waals surface area contributed by atoms with E-state index in [9.17, 15) is 0 Å². The highest BCUT2D eigenvalue weighted by molar-refractivity contribution is 5.93. The second-order valence-electron chi connectivity index (χ2n) is 5.59. The minimum atomic E-state index is 0.829. The van der Waals surface area contributed by atoms with Crippen molar-refractivity contribution in [2.75, 3.05) is 30.4 Å². The van der Waals surface area contributed by atoms with Crippen LogP contribution in [0.3, 0.4) is 0 Å². The number of methoxy groups -OCH3 is 1. The van der Waals surface area contributed by atoms with Gasteiger partial charge in [-0.15, -0.1) is 0 Å². The minimum Gasteiger partial charge on any atom is -0.497 e. The van der Waals surface area contributed by atoms with Gasteiger partial charge in [-0.1, -0.05) is 0 Å². The number of benzene rings is 2. The predicted octanol–water partition coefficient (Wildman–Crippen LogP) is 4.83. The molecule has 0 saturated carbocycles. The summed E-state index contributed by atoms with van der Waals surface area (Å²) in [7, 11) is 1.68. The number of fused-ring (bicyclic) bond motifs is 1. The molecule has 0 aliphatic carbocycles. The number of ether oxygens (including phenoxy) is 1. The maximum absolute atomic E-state index is 5.33. The lowest BCUT2D eigenvalue weighted by Crippen LogP contribution is -2.21. The summed E-state index contributed by atoms with van der Waals surface area (Å²) in [5.41, 5.74) is 4.27. The molecular formula is C20H23N3O. The van der Waals surface area contributed by atoms with Crippen molar-refractivity contribution in [3.8, 4) is 5.75 Å². The molecule has 0 amide bonds. The topological polar surface area (TPSA) is 37.4 Å². The minimum absolute atomic E-state index is 0.829. The van der Waals surface area contributed by atoms with Crippen molar-refractivity contribution in [3.63, 3.8) is 0 Å². The molecule has 3 rings (SSSR count). The Morgan fingerprint density at radius 3 is 2.42 bits per heavy atom. The molecule has 4 nitrogen and oxygen atoms in total. The van der Waals surface area contributed by atoms with E-state index < -0.39 is 0 Å². The Hall–Kier alpha value is -2.75. The van der Waals surface area contributed by atoms with Crippen LogP contribution in [0.1, 0.15) is 13.8 Å². The lowest BCUT2D eigenvalue weighted by atomic mass is 10.1. The second-order valence-corrected chi connectivity index (χ2v) is 5.59. The second kappa shape index (κ2) is 7.21. The zero-order valence-electron chi connectivity index (χ0n) is 14.4. The summed E-state index contributed by atoms with van der Waals surface area (Å²) in [6.07, 6.45) is 1.82. The number of hydrogen-bond acceptors (Lipinski definition) is 4. The fourth-order valence-corrected chi connectivity index (χ4v) is 2.86. The smallest absolute Gasteiger partial charge is 0.119 e. The molecule has 1 N–H and O–H groups in total. The van der Waals surface area contributed by atoms with Gasteiger partial charge in [0.15, 0.2) is 0 Å². The molecule has 0 saturated heterocycles. The maximum atomic E-state index is 5.33. The Bertz CT molecular complexity index is 811. The molecule has 0 atom stereocenters. The summed E-state index contributed by atoms with van der Waals surface area (Å²) in [5, 5.41) is 4.53. The van der Waals surface area contributed by atoms with E-state index in [1.165, 1.54) is 5.69 Å². The zero-order valence-corrected chi connectivity index (χ0v) is 14.4. The first-order valence-electron chi connectivity index (χ1n) is 8.30. The van der Waals surface area contributed by atoms with Crippen molar-refractivity contribution in [2.24, 2.45) is 0 Å². The number of anilines is 3. The first-order valence-corrected chi connectivity index (χ1v) is 8.30. The summed E-state index contributed by atoms with van der Waals surface area (Å²) >= 11 is 0. The van der Waals surface area contributed by atoms with E-state index in [0.717, 1.165) is 41.1 Å². The van der Waals surface area contributed by atoms with Crippen LogP contribution in [-0.2, 0) is 0 Å². The number of hydrogen-bond donors (Lipinski definition) is 1. The summed E-state index contributed by atoms with van der Waals surface area (Å²) in [5.74, 6) is 0.829. The SMILES string of the molecule is CCN(CC)c1ccc(Nc2ccnc3ccc(OC)cc23)cc1. The van der Waals surface area contributed by atoms with E-state index in [1.54, 1.807) is 7.11 Å². The highest BCUT2D eigenvalue weighted by Gasteiger charge is 2.05. The van der Waals surface area contributed by atoms with E-state index >= 15 is 0 Å². The lowest BCUT2D eigenvalue weighted by Gasteiger charge is -2.21. The number of nitrogens with one attached hydrogen (secondary N) is 1. The summed E-state index contributed by atoms with van der Waals surface area (Å²) in [6.45, 7) is 6.37. The van der Waals surface area contributed by atoms with Crippen molar-refractivity contribution in [2.45, 2.75) is 13.8 Å². The molecule has 2 aromatic carbocycles. The standard InChI is InChI=1S/C20H23N3O/c1-4-23(5-2)16-8-6-15(7-9-16)22-20-12-13-21-19-11-10-17(24-3)14-18(19)20/h6-14H,4-5H2,1-3H3,(H,21,22). The van der Waals surface area contributed by atoms with Crippen molar-refractivity contribution in [1.29, 1.82) is 0 Å². The largest absolute Gasteiger partial charge is 0.497 e. The normalized spacial score (nSPS) is 10.6. The van der Waals surface area contributed by atoms with Crippen molar-refractivity contribution in [1.82, 2.24) is 4.98 Å². The molecule has 0 fully saturated rings. The molecule has 4 heteroatoms. The first-order chi connectivity index (χ1) is 11.7. The highest BCUT2D eigenvalue weighted by Crippen LogP contribution is 2.29. The van der Waals surface area contributed by atoms with Crippen molar-refractivity contribution < 1.29 is 4.74 Å². The quantitative estimate of drug-likeness (QED) is 0.705. The first kappa shape index (κ1) is 16.1. The van der Waals surface area contributed by atoms with Crippen LogP contribution in [0.25, 0.3) is 10.9 Å². The van der Waals surface area contributed by atoms with Gasteiger partial charge in [0.1, 0.15) is 5.75 Å². The van der Waals surface area contributed by atoms with Gasteiger partial charge in [-0.05, 0) is 62.4 Å². The van der Waals surface area contributed by atoms with E-state index in [2.05, 4.69) is 53.3 Å². The number of aromatic nitrogens is 1. The molecule has 0 radical (unpaired) electrons. The van der Waals surface area contributed by atoms with Crippen LogP contribution < -0.4 is 15.0 Å². The Balaban J connectivity index is 1.89. The van der Waals surface area contributed by atoms with Crippen molar-refractivity contribution in [3.05, 3.63) is 54.7 Å². The Kier molecular flexibility index (Phi) is 4.85. The van der Waals surface area contributed by atoms with Crippen LogP contribution in [0.4, 0.5) is 17.1 Å². The van der Waals surface area contributed by atoms with Gasteiger partial charge in [0.2, 0.25) is 0 Å². The van der Waals surface area contributed by atoms with Crippen LogP contribution >= 0.6 is 0 Å². The lowest BCUT2D eigenvalue weighted by molar-refractivity contribution is 0.415. The van der Waals surface area contributed by atoms with Crippen LogP contribution in [0.15, 0.2) is 54.7 Å². The zero-order chi connectivity index (χ0) is 16.9. The molecule has 0 unspecified atom stereocenters. The van der Waals surface area contributed by atoms with Gasteiger partial charge in [-0.25, -0.2) is 0 Å². The Morgan fingerprint density at radius 2 is 1.75 bits per heavy atom. The molecule has 1 aromatic heterocycles. The number of rotatable bonds is 6.